The quantitative estimate of drug-likeness (QED) is 0.869. The smallest absolute Gasteiger partial charge is 0.251 e. The SMILES string of the molecule is C=C(Cl)CNC(=O)CNC(=O)c1cccc(Cl)c1. The van der Waals surface area contributed by atoms with E-state index < -0.39 is 0 Å². The monoisotopic (exact) mass is 286 g/mol. The minimum absolute atomic E-state index is 0.129. The lowest BCUT2D eigenvalue weighted by Crippen LogP contribution is -2.37. The fourth-order valence-electron chi connectivity index (χ4n) is 1.15. The summed E-state index contributed by atoms with van der Waals surface area (Å²) >= 11 is 11.2. The Bertz CT molecular complexity index is 475. The first kappa shape index (κ1) is 14.5. The molecule has 0 saturated carbocycles. The van der Waals surface area contributed by atoms with E-state index in [0.717, 1.165) is 0 Å². The summed E-state index contributed by atoms with van der Waals surface area (Å²) in [6, 6.07) is 6.46. The van der Waals surface area contributed by atoms with Gasteiger partial charge in [-0.1, -0.05) is 35.8 Å². The Labute approximate surface area is 115 Å². The number of hydrogen-bond acceptors (Lipinski definition) is 2. The van der Waals surface area contributed by atoms with E-state index >= 15 is 0 Å². The zero-order chi connectivity index (χ0) is 13.5. The molecule has 0 heterocycles. The predicted octanol–water partition coefficient (Wildman–Crippen LogP) is 1.94. The average molecular weight is 287 g/mol. The Hall–Kier alpha value is -1.52. The molecule has 4 nitrogen and oxygen atoms in total. The molecule has 2 N–H and O–H groups in total. The fourth-order valence-corrected chi connectivity index (χ4v) is 1.41. The summed E-state index contributed by atoms with van der Waals surface area (Å²) in [6.45, 7) is 3.47. The number of amides is 2. The third-order valence-electron chi connectivity index (χ3n) is 1.97. The molecule has 0 fully saturated rings. The standard InChI is InChI=1S/C12H12Cl2N2O2/c1-8(13)6-15-11(17)7-16-12(18)9-3-2-4-10(14)5-9/h2-5H,1,6-7H2,(H,15,17)(H,16,18). The molecule has 1 rings (SSSR count). The maximum Gasteiger partial charge on any atom is 0.251 e. The van der Waals surface area contributed by atoms with Crippen LogP contribution in [0, 0.1) is 0 Å². The number of carbonyl (C=O) groups is 2. The number of halogens is 2. The van der Waals surface area contributed by atoms with Crippen molar-refractivity contribution in [1.82, 2.24) is 10.6 Å². The molecule has 0 radical (unpaired) electrons. The first-order chi connectivity index (χ1) is 8.49. The van der Waals surface area contributed by atoms with Crippen LogP contribution in [0.2, 0.25) is 5.02 Å². The van der Waals surface area contributed by atoms with Crippen molar-refractivity contribution in [1.29, 1.82) is 0 Å². The molecule has 0 atom stereocenters. The molecule has 1 aromatic carbocycles. The van der Waals surface area contributed by atoms with Crippen molar-refractivity contribution in [2.75, 3.05) is 13.1 Å². The van der Waals surface area contributed by atoms with Gasteiger partial charge in [-0.2, -0.15) is 0 Å². The third kappa shape index (κ3) is 5.21. The largest absolute Gasteiger partial charge is 0.350 e. The van der Waals surface area contributed by atoms with Crippen LogP contribution in [0.15, 0.2) is 35.9 Å². The average Bonchev–Trinajstić information content (AvgIpc) is 2.33. The molecule has 0 saturated heterocycles. The summed E-state index contributed by atoms with van der Waals surface area (Å²) in [4.78, 5) is 22.9. The van der Waals surface area contributed by atoms with Crippen LogP contribution >= 0.6 is 23.2 Å². The van der Waals surface area contributed by atoms with E-state index in [9.17, 15) is 9.59 Å². The van der Waals surface area contributed by atoms with Gasteiger partial charge in [0.2, 0.25) is 5.91 Å². The topological polar surface area (TPSA) is 58.2 Å². The molecule has 0 unspecified atom stereocenters. The summed E-state index contributed by atoms with van der Waals surface area (Å²) in [5.41, 5.74) is 0.400. The number of benzene rings is 1. The second kappa shape index (κ2) is 7.03. The van der Waals surface area contributed by atoms with Crippen LogP contribution < -0.4 is 10.6 Å². The minimum atomic E-state index is -0.364. The van der Waals surface area contributed by atoms with Crippen molar-refractivity contribution in [2.45, 2.75) is 0 Å². The van der Waals surface area contributed by atoms with Gasteiger partial charge < -0.3 is 10.6 Å². The molecule has 0 aromatic heterocycles. The molecule has 0 bridgehead atoms. The zero-order valence-corrected chi connectivity index (χ0v) is 11.0. The van der Waals surface area contributed by atoms with Crippen LogP contribution in [-0.4, -0.2) is 24.9 Å². The van der Waals surface area contributed by atoms with Crippen molar-refractivity contribution in [3.05, 3.63) is 46.5 Å². The number of hydrogen-bond donors (Lipinski definition) is 2. The van der Waals surface area contributed by atoms with Gasteiger partial charge in [0.25, 0.3) is 5.91 Å². The summed E-state index contributed by atoms with van der Waals surface area (Å²) in [7, 11) is 0. The molecule has 6 heteroatoms. The molecule has 0 spiro atoms. The summed E-state index contributed by atoms with van der Waals surface area (Å²) in [6.07, 6.45) is 0. The molecule has 0 aliphatic rings. The van der Waals surface area contributed by atoms with Gasteiger partial charge >= 0.3 is 0 Å². The first-order valence-electron chi connectivity index (χ1n) is 5.13. The lowest BCUT2D eigenvalue weighted by molar-refractivity contribution is -0.119. The molecular formula is C12H12Cl2N2O2. The highest BCUT2D eigenvalue weighted by Crippen LogP contribution is 2.10. The second-order valence-electron chi connectivity index (χ2n) is 3.49. The van der Waals surface area contributed by atoms with E-state index in [0.29, 0.717) is 15.6 Å². The molecule has 0 aliphatic heterocycles. The summed E-state index contributed by atoms with van der Waals surface area (Å²) in [5.74, 6) is -0.704. The normalized spacial score (nSPS) is 9.67. The van der Waals surface area contributed by atoms with Crippen LogP contribution in [0.3, 0.4) is 0 Å². The Kier molecular flexibility index (Phi) is 5.68. The van der Waals surface area contributed by atoms with Crippen LogP contribution in [0.4, 0.5) is 0 Å². The van der Waals surface area contributed by atoms with E-state index in [2.05, 4.69) is 17.2 Å². The Morgan fingerprint density at radius 2 is 1.94 bits per heavy atom. The summed E-state index contributed by atoms with van der Waals surface area (Å²) < 4.78 is 0. The number of nitrogens with one attached hydrogen (secondary N) is 2. The lowest BCUT2D eigenvalue weighted by atomic mass is 10.2. The highest BCUT2D eigenvalue weighted by molar-refractivity contribution is 6.31. The zero-order valence-electron chi connectivity index (χ0n) is 9.50. The number of carbonyl (C=O) groups excluding carboxylic acids is 2. The van der Waals surface area contributed by atoms with Crippen LogP contribution in [-0.2, 0) is 4.79 Å². The Balaban J connectivity index is 2.42. The molecule has 1 aromatic rings. The van der Waals surface area contributed by atoms with Crippen LogP contribution in [0.25, 0.3) is 0 Å². The molecule has 18 heavy (non-hydrogen) atoms. The van der Waals surface area contributed by atoms with E-state index in [1.165, 1.54) is 6.07 Å². The Morgan fingerprint density at radius 1 is 1.22 bits per heavy atom. The van der Waals surface area contributed by atoms with Gasteiger partial charge in [0.15, 0.2) is 0 Å². The second-order valence-corrected chi connectivity index (χ2v) is 4.46. The minimum Gasteiger partial charge on any atom is -0.350 e. The van der Waals surface area contributed by atoms with Crippen molar-refractivity contribution in [3.63, 3.8) is 0 Å². The molecule has 96 valence electrons. The molecule has 0 aliphatic carbocycles. The third-order valence-corrected chi connectivity index (χ3v) is 2.34. The van der Waals surface area contributed by atoms with Gasteiger partial charge in [0.1, 0.15) is 0 Å². The van der Waals surface area contributed by atoms with E-state index in [1.807, 2.05) is 0 Å². The Morgan fingerprint density at radius 3 is 2.56 bits per heavy atom. The van der Waals surface area contributed by atoms with E-state index in [-0.39, 0.29) is 24.9 Å². The van der Waals surface area contributed by atoms with Crippen molar-refractivity contribution >= 4 is 35.0 Å². The van der Waals surface area contributed by atoms with Crippen molar-refractivity contribution in [2.24, 2.45) is 0 Å². The van der Waals surface area contributed by atoms with Gasteiger partial charge in [0, 0.05) is 15.6 Å². The highest BCUT2D eigenvalue weighted by Gasteiger charge is 2.07. The van der Waals surface area contributed by atoms with E-state index in [1.54, 1.807) is 18.2 Å². The van der Waals surface area contributed by atoms with Crippen molar-refractivity contribution in [3.8, 4) is 0 Å². The van der Waals surface area contributed by atoms with Gasteiger partial charge in [-0.05, 0) is 18.2 Å². The number of rotatable bonds is 5. The highest BCUT2D eigenvalue weighted by atomic mass is 35.5. The summed E-state index contributed by atoms with van der Waals surface area (Å²) in [5, 5.41) is 5.74. The van der Waals surface area contributed by atoms with Gasteiger partial charge in [-0.15, -0.1) is 0 Å². The van der Waals surface area contributed by atoms with Gasteiger partial charge in [0.05, 0.1) is 13.1 Å². The van der Waals surface area contributed by atoms with Crippen molar-refractivity contribution < 1.29 is 9.59 Å². The maximum atomic E-state index is 11.6. The fraction of sp³-hybridized carbons (Fsp3) is 0.167. The predicted molar refractivity (Wildman–Crippen MR) is 71.8 cm³/mol. The maximum absolute atomic E-state index is 11.6. The van der Waals surface area contributed by atoms with Gasteiger partial charge in [-0.25, -0.2) is 0 Å². The van der Waals surface area contributed by atoms with Crippen LogP contribution in [0.1, 0.15) is 10.4 Å². The van der Waals surface area contributed by atoms with Gasteiger partial charge in [-0.3, -0.25) is 9.59 Å². The molecule has 2 amide bonds. The van der Waals surface area contributed by atoms with E-state index in [4.69, 9.17) is 23.2 Å². The lowest BCUT2D eigenvalue weighted by Gasteiger charge is -2.06. The van der Waals surface area contributed by atoms with Crippen LogP contribution in [0.5, 0.6) is 0 Å². The molecular weight excluding hydrogens is 275 g/mol. The first-order valence-corrected chi connectivity index (χ1v) is 5.88.